The Morgan fingerprint density at radius 2 is 1.92 bits per heavy atom. The molecule has 0 saturated carbocycles. The predicted octanol–water partition coefficient (Wildman–Crippen LogP) is 3.33. The van der Waals surface area contributed by atoms with Gasteiger partial charge in [-0.25, -0.2) is 9.36 Å². The van der Waals surface area contributed by atoms with E-state index in [9.17, 15) is 9.90 Å². The number of hydroxylamine groups is 1. The van der Waals surface area contributed by atoms with Gasteiger partial charge in [0, 0.05) is 6.54 Å². The van der Waals surface area contributed by atoms with Crippen LogP contribution in [0.4, 0.5) is 0 Å². The van der Waals surface area contributed by atoms with Crippen molar-refractivity contribution in [2.75, 3.05) is 6.61 Å². The van der Waals surface area contributed by atoms with E-state index < -0.39 is 0 Å². The number of nitrogens with zero attached hydrogens (tertiary/aromatic N) is 2. The van der Waals surface area contributed by atoms with Gasteiger partial charge in [-0.3, -0.25) is 14.9 Å². The van der Waals surface area contributed by atoms with Gasteiger partial charge in [-0.2, -0.15) is 0 Å². The number of benzene rings is 1. The highest BCUT2D eigenvalue weighted by Gasteiger charge is 2.22. The fourth-order valence-corrected chi connectivity index (χ4v) is 2.72. The average molecular weight is 355 g/mol. The molecule has 1 aromatic heterocycles. The molecule has 0 saturated heterocycles. The lowest BCUT2D eigenvalue weighted by Gasteiger charge is -2.10. The third-order valence-corrected chi connectivity index (χ3v) is 3.88. The molecule has 0 atom stereocenters. The number of imidazole rings is 1. The Labute approximate surface area is 153 Å². The summed E-state index contributed by atoms with van der Waals surface area (Å²) in [6.45, 7) is 15.7. The molecule has 2 rings (SSSR count). The van der Waals surface area contributed by atoms with Gasteiger partial charge in [-0.05, 0) is 23.6 Å². The molecule has 0 bridgehead atoms. The van der Waals surface area contributed by atoms with E-state index in [1.165, 1.54) is 9.13 Å². The summed E-state index contributed by atoms with van der Waals surface area (Å²) in [6.07, 6.45) is 3.26. The normalized spacial score (nSPS) is 10.7. The Hall–Kier alpha value is -2.99. The maximum Gasteiger partial charge on any atom is 0.336 e. The van der Waals surface area contributed by atoms with Crippen molar-refractivity contribution in [1.82, 2.24) is 14.6 Å². The molecule has 26 heavy (non-hydrogen) atoms. The molecule has 6 nitrogen and oxygen atoms in total. The fourth-order valence-electron chi connectivity index (χ4n) is 2.72. The summed E-state index contributed by atoms with van der Waals surface area (Å²) >= 11 is 0. The second-order valence-electron chi connectivity index (χ2n) is 6.11. The SMILES string of the molecule is C=CCONC(=C)c1ccc(-n2c(O)c(C(C)C)n(CC=C)c2=O)cc1. The van der Waals surface area contributed by atoms with Crippen molar-refractivity contribution in [3.63, 3.8) is 0 Å². The molecule has 0 aliphatic carbocycles. The van der Waals surface area contributed by atoms with E-state index in [4.69, 9.17) is 4.84 Å². The van der Waals surface area contributed by atoms with Gasteiger partial charge < -0.3 is 5.11 Å². The first kappa shape index (κ1) is 19.3. The van der Waals surface area contributed by atoms with Crippen LogP contribution in [0, 0.1) is 0 Å². The molecule has 0 amide bonds. The monoisotopic (exact) mass is 355 g/mol. The van der Waals surface area contributed by atoms with Crippen LogP contribution >= 0.6 is 0 Å². The highest BCUT2D eigenvalue weighted by atomic mass is 16.6. The third kappa shape index (κ3) is 3.81. The Bertz CT molecular complexity index is 858. The van der Waals surface area contributed by atoms with E-state index in [0.29, 0.717) is 30.2 Å². The molecule has 1 aromatic carbocycles. The lowest BCUT2D eigenvalue weighted by atomic mass is 10.1. The second kappa shape index (κ2) is 8.40. The molecule has 0 spiro atoms. The van der Waals surface area contributed by atoms with Crippen LogP contribution < -0.4 is 11.2 Å². The maximum absolute atomic E-state index is 12.8. The van der Waals surface area contributed by atoms with Gasteiger partial charge in [0.15, 0.2) is 0 Å². The topological polar surface area (TPSA) is 68.4 Å². The molecule has 1 heterocycles. The molecule has 0 radical (unpaired) electrons. The lowest BCUT2D eigenvalue weighted by Crippen LogP contribution is -2.24. The molecule has 0 unspecified atom stereocenters. The number of aromatic nitrogens is 2. The van der Waals surface area contributed by atoms with Gasteiger partial charge in [-0.15, -0.1) is 13.2 Å². The smallest absolute Gasteiger partial charge is 0.336 e. The summed E-state index contributed by atoms with van der Waals surface area (Å²) in [5.74, 6) is -0.0555. The highest BCUT2D eigenvalue weighted by molar-refractivity contribution is 5.62. The summed E-state index contributed by atoms with van der Waals surface area (Å²) in [7, 11) is 0. The first-order chi connectivity index (χ1) is 12.4. The van der Waals surface area contributed by atoms with Gasteiger partial charge in [0.25, 0.3) is 0 Å². The van der Waals surface area contributed by atoms with Crippen molar-refractivity contribution in [3.8, 4) is 11.6 Å². The van der Waals surface area contributed by atoms with Crippen molar-refractivity contribution in [2.24, 2.45) is 0 Å². The number of rotatable bonds is 9. The number of aromatic hydroxyl groups is 1. The fraction of sp³-hybridized carbons (Fsp3) is 0.250. The van der Waals surface area contributed by atoms with Gasteiger partial charge >= 0.3 is 5.69 Å². The largest absolute Gasteiger partial charge is 0.493 e. The minimum atomic E-state index is -0.301. The van der Waals surface area contributed by atoms with Crippen LogP contribution in [-0.4, -0.2) is 20.8 Å². The lowest BCUT2D eigenvalue weighted by molar-refractivity contribution is 0.104. The summed E-state index contributed by atoms with van der Waals surface area (Å²) in [5.41, 5.74) is 4.97. The Kier molecular flexibility index (Phi) is 6.25. The molecular formula is C20H25N3O3. The molecular weight excluding hydrogens is 330 g/mol. The summed E-state index contributed by atoms with van der Waals surface area (Å²) in [6, 6.07) is 7.10. The van der Waals surface area contributed by atoms with Gasteiger partial charge in [0.1, 0.15) is 0 Å². The van der Waals surface area contributed by atoms with Crippen LogP contribution in [0.2, 0.25) is 0 Å². The Morgan fingerprint density at radius 1 is 1.27 bits per heavy atom. The first-order valence-corrected chi connectivity index (χ1v) is 8.36. The zero-order valence-electron chi connectivity index (χ0n) is 15.2. The van der Waals surface area contributed by atoms with Gasteiger partial charge in [-0.1, -0.05) is 44.7 Å². The summed E-state index contributed by atoms with van der Waals surface area (Å²) < 4.78 is 2.83. The van der Waals surface area contributed by atoms with Crippen LogP contribution in [0.1, 0.15) is 31.0 Å². The molecule has 0 aliphatic rings. The van der Waals surface area contributed by atoms with Crippen molar-refractivity contribution in [1.29, 1.82) is 0 Å². The molecule has 2 aromatic rings. The van der Waals surface area contributed by atoms with Crippen LogP contribution in [0.15, 0.2) is 60.9 Å². The van der Waals surface area contributed by atoms with Gasteiger partial charge in [0.2, 0.25) is 5.88 Å². The summed E-state index contributed by atoms with van der Waals surface area (Å²) in [4.78, 5) is 17.9. The van der Waals surface area contributed by atoms with Crippen LogP contribution in [0.3, 0.4) is 0 Å². The van der Waals surface area contributed by atoms with Gasteiger partial charge in [0.05, 0.1) is 23.7 Å². The standard InChI is InChI=1S/C20H25N3O3/c1-6-12-22-18(14(3)4)19(24)23(20(22)25)17-10-8-16(9-11-17)15(5)21-26-13-7-2/h6-11,14,21,24H,1-2,5,12-13H2,3-4H3. The Balaban J connectivity index is 2.39. The zero-order chi connectivity index (χ0) is 19.3. The minimum Gasteiger partial charge on any atom is -0.493 e. The second-order valence-corrected chi connectivity index (χ2v) is 6.11. The van der Waals surface area contributed by atoms with Crippen molar-refractivity contribution in [2.45, 2.75) is 26.3 Å². The predicted molar refractivity (Wildman–Crippen MR) is 104 cm³/mol. The number of hydrogen-bond acceptors (Lipinski definition) is 4. The summed E-state index contributed by atoms with van der Waals surface area (Å²) in [5, 5.41) is 10.6. The van der Waals surface area contributed by atoms with E-state index in [-0.39, 0.29) is 17.5 Å². The molecule has 6 heteroatoms. The number of hydrogen-bond donors (Lipinski definition) is 2. The van der Waals surface area contributed by atoms with E-state index in [1.54, 1.807) is 36.4 Å². The zero-order valence-corrected chi connectivity index (χ0v) is 15.2. The van der Waals surface area contributed by atoms with Crippen molar-refractivity contribution >= 4 is 5.70 Å². The quantitative estimate of drug-likeness (QED) is 0.411. The maximum atomic E-state index is 12.8. The Morgan fingerprint density at radius 3 is 2.46 bits per heavy atom. The molecule has 138 valence electrons. The highest BCUT2D eigenvalue weighted by Crippen LogP contribution is 2.27. The van der Waals surface area contributed by atoms with Crippen LogP contribution in [0.5, 0.6) is 5.88 Å². The van der Waals surface area contributed by atoms with Crippen LogP contribution in [-0.2, 0) is 11.4 Å². The molecule has 0 fully saturated rings. The number of allylic oxidation sites excluding steroid dienone is 1. The first-order valence-electron chi connectivity index (χ1n) is 8.36. The minimum absolute atomic E-state index is 0.00541. The van der Waals surface area contributed by atoms with Crippen molar-refractivity contribution < 1.29 is 9.94 Å². The molecule has 0 aliphatic heterocycles. The van der Waals surface area contributed by atoms with Crippen LogP contribution in [0.25, 0.3) is 11.4 Å². The number of nitrogens with one attached hydrogen (secondary N) is 1. The van der Waals surface area contributed by atoms with E-state index in [2.05, 4.69) is 25.2 Å². The van der Waals surface area contributed by atoms with Crippen molar-refractivity contribution in [3.05, 3.63) is 77.9 Å². The molecule has 2 N–H and O–H groups in total. The van der Waals surface area contributed by atoms with E-state index in [1.807, 2.05) is 13.8 Å². The third-order valence-electron chi connectivity index (χ3n) is 3.88. The average Bonchev–Trinajstić information content (AvgIpc) is 2.86. The van der Waals surface area contributed by atoms with E-state index >= 15 is 0 Å². The van der Waals surface area contributed by atoms with E-state index in [0.717, 1.165) is 5.56 Å².